The SMILES string of the molecule is CCNC(=NCCC1CC1)N1CCC(C(=O)N2CCOCC2)CC1. The number of carbonyl (C=O) groups excluding carboxylic acids is 1. The van der Waals surface area contributed by atoms with E-state index in [0.29, 0.717) is 19.1 Å². The average molecular weight is 336 g/mol. The Bertz CT molecular complexity index is 436. The molecule has 1 saturated carbocycles. The quantitative estimate of drug-likeness (QED) is 0.608. The molecule has 3 rings (SSSR count). The summed E-state index contributed by atoms with van der Waals surface area (Å²) in [5.41, 5.74) is 0. The van der Waals surface area contributed by atoms with Gasteiger partial charge in [-0.3, -0.25) is 9.79 Å². The fraction of sp³-hybridized carbons (Fsp3) is 0.889. The Hall–Kier alpha value is -1.30. The topological polar surface area (TPSA) is 57.2 Å². The van der Waals surface area contributed by atoms with E-state index in [1.54, 1.807) is 0 Å². The summed E-state index contributed by atoms with van der Waals surface area (Å²) in [6.45, 7) is 8.67. The fourth-order valence-electron chi connectivity index (χ4n) is 3.57. The highest BCUT2D eigenvalue weighted by Gasteiger charge is 2.30. The van der Waals surface area contributed by atoms with Gasteiger partial charge in [0.05, 0.1) is 13.2 Å². The zero-order valence-electron chi connectivity index (χ0n) is 15.0. The lowest BCUT2D eigenvalue weighted by molar-refractivity contribution is -0.140. The van der Waals surface area contributed by atoms with Gasteiger partial charge in [0.2, 0.25) is 5.91 Å². The summed E-state index contributed by atoms with van der Waals surface area (Å²) < 4.78 is 5.35. The van der Waals surface area contributed by atoms with Crippen LogP contribution in [0.15, 0.2) is 4.99 Å². The first-order valence-corrected chi connectivity index (χ1v) is 9.67. The molecule has 0 aromatic heterocycles. The van der Waals surface area contributed by atoms with Crippen LogP contribution in [0.2, 0.25) is 0 Å². The largest absolute Gasteiger partial charge is 0.378 e. The summed E-state index contributed by atoms with van der Waals surface area (Å²) in [6.07, 6.45) is 5.87. The molecule has 0 atom stereocenters. The first-order valence-electron chi connectivity index (χ1n) is 9.67. The molecule has 0 aromatic carbocycles. The van der Waals surface area contributed by atoms with Crippen molar-refractivity contribution in [3.63, 3.8) is 0 Å². The van der Waals surface area contributed by atoms with Gasteiger partial charge >= 0.3 is 0 Å². The van der Waals surface area contributed by atoms with Crippen molar-refractivity contribution in [2.75, 3.05) is 52.5 Å². The molecule has 6 nitrogen and oxygen atoms in total. The van der Waals surface area contributed by atoms with Crippen LogP contribution in [0.4, 0.5) is 0 Å². The summed E-state index contributed by atoms with van der Waals surface area (Å²) in [4.78, 5) is 21.7. The van der Waals surface area contributed by atoms with E-state index >= 15 is 0 Å². The van der Waals surface area contributed by atoms with Crippen LogP contribution in [0.5, 0.6) is 0 Å². The van der Waals surface area contributed by atoms with Gasteiger partial charge in [-0.1, -0.05) is 12.8 Å². The molecule has 24 heavy (non-hydrogen) atoms. The van der Waals surface area contributed by atoms with Crippen LogP contribution in [0.1, 0.15) is 39.0 Å². The summed E-state index contributed by atoms with van der Waals surface area (Å²) in [6, 6.07) is 0. The second kappa shape index (κ2) is 8.70. The van der Waals surface area contributed by atoms with Gasteiger partial charge in [-0.05, 0) is 32.1 Å². The van der Waals surface area contributed by atoms with E-state index in [4.69, 9.17) is 9.73 Å². The monoisotopic (exact) mass is 336 g/mol. The summed E-state index contributed by atoms with van der Waals surface area (Å²) >= 11 is 0. The minimum absolute atomic E-state index is 0.175. The highest BCUT2D eigenvalue weighted by atomic mass is 16.5. The Morgan fingerprint density at radius 2 is 1.79 bits per heavy atom. The Kier molecular flexibility index (Phi) is 6.35. The van der Waals surface area contributed by atoms with Crippen molar-refractivity contribution in [3.8, 4) is 0 Å². The molecule has 0 spiro atoms. The van der Waals surface area contributed by atoms with Gasteiger partial charge in [-0.25, -0.2) is 0 Å². The van der Waals surface area contributed by atoms with Crippen LogP contribution in [0, 0.1) is 11.8 Å². The number of aliphatic imine (C=N–C) groups is 1. The van der Waals surface area contributed by atoms with Gasteiger partial charge in [0.25, 0.3) is 0 Å². The third-order valence-corrected chi connectivity index (χ3v) is 5.30. The van der Waals surface area contributed by atoms with Gasteiger partial charge in [0.1, 0.15) is 0 Å². The second-order valence-electron chi connectivity index (χ2n) is 7.17. The number of amides is 1. The number of hydrogen-bond acceptors (Lipinski definition) is 3. The number of carbonyl (C=O) groups is 1. The lowest BCUT2D eigenvalue weighted by Gasteiger charge is -2.36. The van der Waals surface area contributed by atoms with Crippen molar-refractivity contribution in [2.45, 2.75) is 39.0 Å². The highest BCUT2D eigenvalue weighted by Crippen LogP contribution is 2.32. The number of likely N-dealkylation sites (tertiary alicyclic amines) is 1. The molecule has 3 aliphatic rings. The summed E-state index contributed by atoms with van der Waals surface area (Å²) in [5.74, 6) is 2.46. The van der Waals surface area contributed by atoms with E-state index in [-0.39, 0.29) is 5.92 Å². The number of hydrogen-bond donors (Lipinski definition) is 1. The molecule has 2 heterocycles. The molecule has 6 heteroatoms. The van der Waals surface area contributed by atoms with Crippen molar-refractivity contribution in [1.82, 2.24) is 15.1 Å². The maximum atomic E-state index is 12.6. The number of ether oxygens (including phenoxy) is 1. The van der Waals surface area contributed by atoms with Gasteiger partial charge in [-0.2, -0.15) is 0 Å². The van der Waals surface area contributed by atoms with Crippen LogP contribution < -0.4 is 5.32 Å². The number of nitrogens with one attached hydrogen (secondary N) is 1. The zero-order chi connectivity index (χ0) is 16.8. The molecule has 1 aliphatic carbocycles. The van der Waals surface area contributed by atoms with Crippen molar-refractivity contribution in [1.29, 1.82) is 0 Å². The first-order chi connectivity index (χ1) is 11.8. The fourth-order valence-corrected chi connectivity index (χ4v) is 3.57. The number of piperidine rings is 1. The Morgan fingerprint density at radius 3 is 2.42 bits per heavy atom. The van der Waals surface area contributed by atoms with Crippen molar-refractivity contribution >= 4 is 11.9 Å². The van der Waals surface area contributed by atoms with Crippen molar-refractivity contribution < 1.29 is 9.53 Å². The standard InChI is InChI=1S/C18H32N4O2/c1-2-19-18(20-8-5-15-3-4-15)22-9-6-16(7-10-22)17(23)21-11-13-24-14-12-21/h15-16H,2-14H2,1H3,(H,19,20). The molecule has 0 bridgehead atoms. The van der Waals surface area contributed by atoms with Crippen LogP contribution in [-0.4, -0.2) is 74.1 Å². The maximum Gasteiger partial charge on any atom is 0.225 e. The minimum atomic E-state index is 0.175. The molecule has 1 amide bonds. The third kappa shape index (κ3) is 4.85. The van der Waals surface area contributed by atoms with Gasteiger partial charge in [-0.15, -0.1) is 0 Å². The number of rotatable bonds is 5. The number of guanidine groups is 1. The second-order valence-corrected chi connectivity index (χ2v) is 7.17. The highest BCUT2D eigenvalue weighted by molar-refractivity contribution is 5.81. The van der Waals surface area contributed by atoms with Gasteiger partial charge < -0.3 is 19.9 Å². The minimum Gasteiger partial charge on any atom is -0.378 e. The van der Waals surface area contributed by atoms with Crippen molar-refractivity contribution in [3.05, 3.63) is 0 Å². The Balaban J connectivity index is 1.47. The van der Waals surface area contributed by atoms with E-state index in [9.17, 15) is 4.79 Å². The normalized spacial score (nSPS) is 23.5. The van der Waals surface area contributed by atoms with Crippen LogP contribution in [0.3, 0.4) is 0 Å². The maximum absolute atomic E-state index is 12.6. The smallest absolute Gasteiger partial charge is 0.225 e. The van der Waals surface area contributed by atoms with E-state index < -0.39 is 0 Å². The van der Waals surface area contributed by atoms with E-state index in [2.05, 4.69) is 17.1 Å². The lowest BCUT2D eigenvalue weighted by atomic mass is 9.95. The molecule has 1 N–H and O–H groups in total. The molecule has 2 aliphatic heterocycles. The predicted molar refractivity (Wildman–Crippen MR) is 95.0 cm³/mol. The predicted octanol–water partition coefficient (Wildman–Crippen LogP) is 1.32. The van der Waals surface area contributed by atoms with Gasteiger partial charge in [0, 0.05) is 45.2 Å². The third-order valence-electron chi connectivity index (χ3n) is 5.30. The van der Waals surface area contributed by atoms with Gasteiger partial charge in [0.15, 0.2) is 5.96 Å². The van der Waals surface area contributed by atoms with Crippen LogP contribution in [-0.2, 0) is 9.53 Å². The molecule has 2 saturated heterocycles. The Morgan fingerprint density at radius 1 is 1.08 bits per heavy atom. The average Bonchev–Trinajstić information content (AvgIpc) is 3.46. The molecule has 3 fully saturated rings. The van der Waals surface area contributed by atoms with Crippen LogP contribution >= 0.6 is 0 Å². The summed E-state index contributed by atoms with van der Waals surface area (Å²) in [7, 11) is 0. The molecular weight excluding hydrogens is 304 g/mol. The number of morpholine rings is 1. The zero-order valence-corrected chi connectivity index (χ0v) is 15.0. The molecule has 0 radical (unpaired) electrons. The molecule has 0 unspecified atom stereocenters. The first kappa shape index (κ1) is 17.5. The number of nitrogens with zero attached hydrogens (tertiary/aromatic N) is 3. The van der Waals surface area contributed by atoms with Crippen molar-refractivity contribution in [2.24, 2.45) is 16.8 Å². The lowest BCUT2D eigenvalue weighted by Crippen LogP contribution is -2.50. The molecule has 136 valence electrons. The van der Waals surface area contributed by atoms with E-state index in [1.807, 2.05) is 4.90 Å². The van der Waals surface area contributed by atoms with Crippen LogP contribution in [0.25, 0.3) is 0 Å². The van der Waals surface area contributed by atoms with E-state index in [0.717, 1.165) is 64.0 Å². The molecule has 0 aromatic rings. The molecular formula is C18H32N4O2. The van der Waals surface area contributed by atoms with E-state index in [1.165, 1.54) is 19.3 Å². The Labute approximate surface area is 145 Å². The summed E-state index contributed by atoms with van der Waals surface area (Å²) in [5, 5.41) is 3.42.